The van der Waals surface area contributed by atoms with Crippen LogP contribution < -0.4 is 10.5 Å². The second-order valence-electron chi connectivity index (χ2n) is 5.26. The van der Waals surface area contributed by atoms with Crippen LogP contribution in [0.4, 0.5) is 4.79 Å². The molecule has 0 spiro atoms. The summed E-state index contributed by atoms with van der Waals surface area (Å²) in [6.45, 7) is 0. The zero-order chi connectivity index (χ0) is 17.9. The zero-order valence-corrected chi connectivity index (χ0v) is 14.0. The minimum absolute atomic E-state index is 0.00663. The van der Waals surface area contributed by atoms with E-state index < -0.39 is 27.9 Å². The second-order valence-corrected chi connectivity index (χ2v) is 7.35. The molecule has 1 aromatic rings. The number of Topliss-reactive ketones (excluding diaryl/α,β-unsaturated/α-hetero) is 1. The first-order valence-electron chi connectivity index (χ1n) is 7.04. The Kier molecular flexibility index (Phi) is 5.58. The number of ether oxygens (including phenoxy) is 1. The van der Waals surface area contributed by atoms with Crippen molar-refractivity contribution in [3.05, 3.63) is 28.8 Å². The van der Waals surface area contributed by atoms with Gasteiger partial charge in [0.2, 0.25) is 10.0 Å². The van der Waals surface area contributed by atoms with E-state index in [0.717, 1.165) is 18.9 Å². The summed E-state index contributed by atoms with van der Waals surface area (Å²) in [4.78, 5) is 33.5. The average molecular weight is 375 g/mol. The van der Waals surface area contributed by atoms with Crippen LogP contribution in [0.1, 0.15) is 36.0 Å². The van der Waals surface area contributed by atoms with Crippen LogP contribution in [0.2, 0.25) is 5.02 Å². The molecule has 24 heavy (non-hydrogen) atoms. The largest absolute Gasteiger partial charge is 0.412 e. The molecule has 0 saturated heterocycles. The molecule has 1 saturated carbocycles. The number of nitrogens with one attached hydrogen (secondary N) is 1. The van der Waals surface area contributed by atoms with Crippen molar-refractivity contribution in [2.45, 2.75) is 36.6 Å². The first kappa shape index (κ1) is 18.4. The number of nitrogens with two attached hydrogens (primary N) is 1. The van der Waals surface area contributed by atoms with Crippen LogP contribution in [0, 0.1) is 0 Å². The highest BCUT2D eigenvalue weighted by Gasteiger charge is 2.29. The Labute approximate surface area is 143 Å². The van der Waals surface area contributed by atoms with Crippen molar-refractivity contribution >= 4 is 39.5 Å². The van der Waals surface area contributed by atoms with Gasteiger partial charge < -0.3 is 10.5 Å². The van der Waals surface area contributed by atoms with Gasteiger partial charge in [0.1, 0.15) is 4.90 Å². The number of sulfonamides is 1. The number of hydrogen-bond acceptors (Lipinski definition) is 6. The van der Waals surface area contributed by atoms with Gasteiger partial charge in [0.05, 0.1) is 11.4 Å². The van der Waals surface area contributed by atoms with E-state index in [1.807, 2.05) is 0 Å². The van der Waals surface area contributed by atoms with Crippen molar-refractivity contribution in [2.75, 3.05) is 0 Å². The molecule has 130 valence electrons. The highest BCUT2D eigenvalue weighted by Crippen LogP contribution is 2.27. The molecule has 2 rings (SSSR count). The van der Waals surface area contributed by atoms with E-state index in [9.17, 15) is 22.8 Å². The number of benzene rings is 1. The molecule has 0 aliphatic heterocycles. The fourth-order valence-corrected chi connectivity index (χ4v) is 3.72. The lowest BCUT2D eigenvalue weighted by atomic mass is 10.1. The quantitative estimate of drug-likeness (QED) is 0.420. The van der Waals surface area contributed by atoms with Crippen LogP contribution in [-0.2, 0) is 19.6 Å². The van der Waals surface area contributed by atoms with E-state index in [4.69, 9.17) is 11.6 Å². The molecular formula is C14H15ClN2O6S. The van der Waals surface area contributed by atoms with Crippen molar-refractivity contribution < 1.29 is 27.5 Å². The maximum absolute atomic E-state index is 12.2. The van der Waals surface area contributed by atoms with Crippen molar-refractivity contribution in [3.8, 4) is 0 Å². The van der Waals surface area contributed by atoms with Crippen LogP contribution in [0.5, 0.6) is 0 Å². The highest BCUT2D eigenvalue weighted by atomic mass is 35.5. The van der Waals surface area contributed by atoms with Crippen molar-refractivity contribution in [2.24, 2.45) is 5.73 Å². The number of amides is 1. The van der Waals surface area contributed by atoms with E-state index >= 15 is 0 Å². The minimum atomic E-state index is -3.82. The van der Waals surface area contributed by atoms with Gasteiger partial charge in [0.15, 0.2) is 5.78 Å². The lowest BCUT2D eigenvalue weighted by Gasteiger charge is -2.09. The molecule has 1 amide bonds. The monoisotopic (exact) mass is 374 g/mol. The standard InChI is InChI=1S/C14H15ClN2O6S/c15-10-4-1-8(11(18)5-6-13(19)23-14(16)20)7-12(10)24(21,22)17-9-2-3-9/h1,4,7,9,17H,2-3,5-6H2,(H2,16,20). The molecular weight excluding hydrogens is 360 g/mol. The third kappa shape index (κ3) is 5.02. The molecule has 3 N–H and O–H groups in total. The normalized spacial score (nSPS) is 14.2. The minimum Gasteiger partial charge on any atom is -0.376 e. The van der Waals surface area contributed by atoms with Crippen LogP contribution in [-0.4, -0.2) is 32.3 Å². The SMILES string of the molecule is NC(=O)OC(=O)CCC(=O)c1ccc(Cl)c(S(=O)(=O)NC2CC2)c1. The summed E-state index contributed by atoms with van der Waals surface area (Å²) in [5, 5.41) is -0.00663. The third-order valence-electron chi connectivity index (χ3n) is 3.21. The lowest BCUT2D eigenvalue weighted by molar-refractivity contribution is -0.137. The Morgan fingerprint density at radius 1 is 1.25 bits per heavy atom. The van der Waals surface area contributed by atoms with E-state index in [1.54, 1.807) is 0 Å². The average Bonchev–Trinajstić information content (AvgIpc) is 3.27. The topological polar surface area (TPSA) is 133 Å². The molecule has 0 atom stereocenters. The smallest absolute Gasteiger partial charge is 0.376 e. The van der Waals surface area contributed by atoms with Crippen molar-refractivity contribution in [1.29, 1.82) is 0 Å². The Morgan fingerprint density at radius 3 is 2.50 bits per heavy atom. The van der Waals surface area contributed by atoms with Gasteiger partial charge in [0.25, 0.3) is 0 Å². The lowest BCUT2D eigenvalue weighted by Crippen LogP contribution is -2.26. The summed E-state index contributed by atoms with van der Waals surface area (Å²) < 4.78 is 31.0. The summed E-state index contributed by atoms with van der Waals surface area (Å²) in [5.41, 5.74) is 4.77. The van der Waals surface area contributed by atoms with Gasteiger partial charge in [0, 0.05) is 18.0 Å². The number of halogens is 1. The molecule has 1 aromatic carbocycles. The van der Waals surface area contributed by atoms with Gasteiger partial charge in [-0.2, -0.15) is 0 Å². The Morgan fingerprint density at radius 2 is 1.92 bits per heavy atom. The molecule has 1 aliphatic rings. The van der Waals surface area contributed by atoms with Crippen molar-refractivity contribution in [3.63, 3.8) is 0 Å². The molecule has 0 unspecified atom stereocenters. The van der Waals surface area contributed by atoms with Gasteiger partial charge in [-0.05, 0) is 31.0 Å². The van der Waals surface area contributed by atoms with Gasteiger partial charge >= 0.3 is 12.1 Å². The van der Waals surface area contributed by atoms with Gasteiger partial charge in [-0.3, -0.25) is 9.59 Å². The van der Waals surface area contributed by atoms with Gasteiger partial charge in [-0.15, -0.1) is 0 Å². The number of carbonyl (C=O) groups excluding carboxylic acids is 3. The number of ketones is 1. The first-order chi connectivity index (χ1) is 11.2. The van der Waals surface area contributed by atoms with E-state index in [0.29, 0.717) is 0 Å². The predicted octanol–water partition coefficient (Wildman–Crippen LogP) is 1.37. The number of carbonyl (C=O) groups is 3. The van der Waals surface area contributed by atoms with E-state index in [-0.39, 0.29) is 34.4 Å². The maximum atomic E-state index is 12.2. The number of primary amides is 1. The highest BCUT2D eigenvalue weighted by molar-refractivity contribution is 7.89. The molecule has 1 aliphatic carbocycles. The summed E-state index contributed by atoms with van der Waals surface area (Å²) in [6, 6.07) is 3.72. The van der Waals surface area contributed by atoms with E-state index in [2.05, 4.69) is 15.2 Å². The molecule has 10 heteroatoms. The van der Waals surface area contributed by atoms with Gasteiger partial charge in [-0.25, -0.2) is 17.9 Å². The van der Waals surface area contributed by atoms with Crippen LogP contribution >= 0.6 is 11.6 Å². The Balaban J connectivity index is 2.10. The third-order valence-corrected chi connectivity index (χ3v) is 5.21. The molecule has 0 bridgehead atoms. The molecule has 0 heterocycles. The zero-order valence-electron chi connectivity index (χ0n) is 12.5. The van der Waals surface area contributed by atoms with E-state index in [1.165, 1.54) is 12.1 Å². The number of rotatable bonds is 7. The second kappa shape index (κ2) is 7.29. The molecule has 0 aromatic heterocycles. The maximum Gasteiger partial charge on any atom is 0.412 e. The van der Waals surface area contributed by atoms with Crippen LogP contribution in [0.15, 0.2) is 23.1 Å². The Bertz CT molecular complexity index is 788. The Hall–Kier alpha value is -1.97. The predicted molar refractivity (Wildman–Crippen MR) is 84.0 cm³/mol. The van der Waals surface area contributed by atoms with Gasteiger partial charge in [-0.1, -0.05) is 11.6 Å². The summed E-state index contributed by atoms with van der Waals surface area (Å²) in [5.74, 6) is -1.43. The molecule has 0 radical (unpaired) electrons. The summed E-state index contributed by atoms with van der Waals surface area (Å²) in [7, 11) is -3.82. The summed E-state index contributed by atoms with van der Waals surface area (Å²) in [6.07, 6.45) is -0.344. The fourth-order valence-electron chi connectivity index (χ4n) is 1.89. The number of esters is 1. The molecule has 1 fully saturated rings. The van der Waals surface area contributed by atoms with Crippen molar-refractivity contribution in [1.82, 2.24) is 4.72 Å². The number of hydrogen-bond donors (Lipinski definition) is 2. The first-order valence-corrected chi connectivity index (χ1v) is 8.90. The summed E-state index contributed by atoms with van der Waals surface area (Å²) >= 11 is 5.92. The van der Waals surface area contributed by atoms with Crippen LogP contribution in [0.3, 0.4) is 0 Å². The molecule has 8 nitrogen and oxygen atoms in total. The van der Waals surface area contributed by atoms with Crippen LogP contribution in [0.25, 0.3) is 0 Å². The fraction of sp³-hybridized carbons (Fsp3) is 0.357.